The van der Waals surface area contributed by atoms with Gasteiger partial charge in [0.1, 0.15) is 10.7 Å². The predicted molar refractivity (Wildman–Crippen MR) is 139 cm³/mol. The van der Waals surface area contributed by atoms with Gasteiger partial charge in [-0.05, 0) is 30.5 Å². The highest BCUT2D eigenvalue weighted by Gasteiger charge is 2.25. The van der Waals surface area contributed by atoms with Gasteiger partial charge in [-0.15, -0.1) is 0 Å². The van der Waals surface area contributed by atoms with E-state index in [0.717, 1.165) is 5.56 Å². The second kappa shape index (κ2) is 12.1. The van der Waals surface area contributed by atoms with Crippen LogP contribution in [0.1, 0.15) is 30.4 Å². The quantitative estimate of drug-likeness (QED) is 0.443. The van der Waals surface area contributed by atoms with Crippen LogP contribution in [0.4, 0.5) is 4.79 Å². The molecule has 1 heterocycles. The van der Waals surface area contributed by atoms with Crippen LogP contribution < -0.4 is 0 Å². The largest absolute Gasteiger partial charge is 0.465 e. The van der Waals surface area contributed by atoms with Crippen molar-refractivity contribution in [2.24, 2.45) is 4.99 Å². The number of amides is 2. The summed E-state index contributed by atoms with van der Waals surface area (Å²) in [5, 5.41) is 9.43. The van der Waals surface area contributed by atoms with Gasteiger partial charge in [0, 0.05) is 39.2 Å². The summed E-state index contributed by atoms with van der Waals surface area (Å²) in [6, 6.07) is 11.8. The number of sulfonamides is 1. The fourth-order valence-corrected chi connectivity index (χ4v) is 5.72. The Morgan fingerprint density at radius 2 is 1.78 bits per heavy atom. The molecule has 1 N–H and O–H groups in total. The highest BCUT2D eigenvalue weighted by molar-refractivity contribution is 7.89. The molecule has 12 heteroatoms. The third-order valence-corrected chi connectivity index (χ3v) is 8.68. The molecule has 0 unspecified atom stereocenters. The maximum absolute atomic E-state index is 12.8. The molecular weight excluding hydrogens is 527 g/mol. The zero-order chi connectivity index (χ0) is 26.5. The zero-order valence-corrected chi connectivity index (χ0v) is 22.4. The molecule has 0 aromatic heterocycles. The summed E-state index contributed by atoms with van der Waals surface area (Å²) < 4.78 is 26.8. The van der Waals surface area contributed by atoms with Gasteiger partial charge < -0.3 is 10.0 Å². The molecule has 0 spiro atoms. The Hall–Kier alpha value is -2.66. The van der Waals surface area contributed by atoms with E-state index in [1.54, 1.807) is 24.1 Å². The van der Waals surface area contributed by atoms with Crippen molar-refractivity contribution >= 4 is 51.1 Å². The van der Waals surface area contributed by atoms with Crippen LogP contribution in [-0.4, -0.2) is 79.2 Å². The highest BCUT2D eigenvalue weighted by Crippen LogP contribution is 2.30. The Kier molecular flexibility index (Phi) is 9.35. The maximum atomic E-state index is 12.8. The topological polar surface area (TPSA) is 111 Å². The second-order valence-electron chi connectivity index (χ2n) is 8.42. The molecular formula is C24H28Cl2N4O5S. The van der Waals surface area contributed by atoms with Gasteiger partial charge in [0.2, 0.25) is 15.9 Å². The lowest BCUT2D eigenvalue weighted by Gasteiger charge is -2.20. The van der Waals surface area contributed by atoms with E-state index >= 15 is 0 Å². The van der Waals surface area contributed by atoms with E-state index in [0.29, 0.717) is 43.9 Å². The van der Waals surface area contributed by atoms with Crippen molar-refractivity contribution in [3.05, 3.63) is 63.6 Å². The smallest absolute Gasteiger partial charge is 0.413 e. The minimum Gasteiger partial charge on any atom is -0.465 e. The molecule has 0 fully saturated rings. The summed E-state index contributed by atoms with van der Waals surface area (Å²) in [5.74, 6) is 0.378. The van der Waals surface area contributed by atoms with Crippen molar-refractivity contribution in [2.75, 3.05) is 33.7 Å². The summed E-state index contributed by atoms with van der Waals surface area (Å²) in [4.78, 5) is 30.9. The first kappa shape index (κ1) is 27.9. The van der Waals surface area contributed by atoms with Gasteiger partial charge in [-0.25, -0.2) is 17.5 Å². The summed E-state index contributed by atoms with van der Waals surface area (Å²) in [6.07, 6.45) is 0.281. The third kappa shape index (κ3) is 6.56. The fourth-order valence-electron chi connectivity index (χ4n) is 3.77. The molecule has 9 nitrogen and oxygen atoms in total. The Morgan fingerprint density at radius 3 is 2.44 bits per heavy atom. The molecule has 2 aromatic rings. The van der Waals surface area contributed by atoms with Gasteiger partial charge in [-0.2, -0.15) is 0 Å². The number of rotatable bonds is 10. The first-order chi connectivity index (χ1) is 17.0. The van der Waals surface area contributed by atoms with Crippen molar-refractivity contribution in [3.63, 3.8) is 0 Å². The van der Waals surface area contributed by atoms with Crippen LogP contribution in [0, 0.1) is 0 Å². The van der Waals surface area contributed by atoms with Crippen LogP contribution in [0.5, 0.6) is 0 Å². The van der Waals surface area contributed by atoms with Gasteiger partial charge in [0.05, 0.1) is 23.1 Å². The number of halogens is 2. The minimum atomic E-state index is -3.79. The number of aliphatic imine (C=N–C) groups is 1. The predicted octanol–water partition coefficient (Wildman–Crippen LogP) is 4.18. The average molecular weight is 555 g/mol. The highest BCUT2D eigenvalue weighted by atomic mass is 35.5. The van der Waals surface area contributed by atoms with Gasteiger partial charge >= 0.3 is 6.09 Å². The van der Waals surface area contributed by atoms with E-state index in [-0.39, 0.29) is 33.8 Å². The average Bonchev–Trinajstić information content (AvgIpc) is 3.34. The Labute approximate surface area is 221 Å². The monoisotopic (exact) mass is 554 g/mol. The van der Waals surface area contributed by atoms with Crippen LogP contribution in [0.2, 0.25) is 10.0 Å². The van der Waals surface area contributed by atoms with E-state index < -0.39 is 16.1 Å². The molecule has 0 saturated carbocycles. The van der Waals surface area contributed by atoms with E-state index in [1.165, 1.54) is 34.5 Å². The Bertz CT molecular complexity index is 1250. The number of carbonyl (C=O) groups is 2. The lowest BCUT2D eigenvalue weighted by atomic mass is 10.1. The zero-order valence-electron chi connectivity index (χ0n) is 20.0. The van der Waals surface area contributed by atoms with Crippen molar-refractivity contribution in [1.82, 2.24) is 14.1 Å². The summed E-state index contributed by atoms with van der Waals surface area (Å²) in [7, 11) is -0.612. The third-order valence-electron chi connectivity index (χ3n) is 5.85. The van der Waals surface area contributed by atoms with Gasteiger partial charge in [0.15, 0.2) is 0 Å². The van der Waals surface area contributed by atoms with E-state index in [9.17, 15) is 23.1 Å². The maximum Gasteiger partial charge on any atom is 0.413 e. The van der Waals surface area contributed by atoms with E-state index in [2.05, 4.69) is 4.99 Å². The van der Waals surface area contributed by atoms with Crippen LogP contribution in [-0.2, 0) is 21.4 Å². The summed E-state index contributed by atoms with van der Waals surface area (Å²) >= 11 is 12.0. The lowest BCUT2D eigenvalue weighted by molar-refractivity contribution is -0.130. The van der Waals surface area contributed by atoms with Gasteiger partial charge in [0.25, 0.3) is 0 Å². The second-order valence-corrected chi connectivity index (χ2v) is 11.2. The standard InChI is InChI=1S/C24H28Cl2N4O5S/c1-28(16-17-9-11-18(12-10-17)23-27-13-15-30(23)24(32)33)21(31)8-3-4-14-29(2)36(34,35)20-7-5-6-19(25)22(20)26/h5-7,9-12H,3-4,8,13-16H2,1-2H3,(H,32,33). The number of hydrogen-bond donors (Lipinski definition) is 1. The molecule has 0 radical (unpaired) electrons. The molecule has 2 amide bonds. The molecule has 0 saturated heterocycles. The Morgan fingerprint density at radius 1 is 1.08 bits per heavy atom. The lowest BCUT2D eigenvalue weighted by Crippen LogP contribution is -2.33. The number of amidine groups is 1. The first-order valence-corrected chi connectivity index (χ1v) is 13.5. The molecule has 2 aromatic carbocycles. The van der Waals surface area contributed by atoms with Crippen LogP contribution in [0.25, 0.3) is 0 Å². The fraction of sp³-hybridized carbons (Fsp3) is 0.375. The summed E-state index contributed by atoms with van der Waals surface area (Å²) in [5.41, 5.74) is 1.62. The number of unbranched alkanes of at least 4 members (excludes halogenated alkanes) is 1. The molecule has 1 aliphatic rings. The normalized spacial score (nSPS) is 13.7. The van der Waals surface area contributed by atoms with Crippen LogP contribution in [0.3, 0.4) is 0 Å². The van der Waals surface area contributed by atoms with Crippen molar-refractivity contribution in [2.45, 2.75) is 30.7 Å². The first-order valence-electron chi connectivity index (χ1n) is 11.3. The number of benzene rings is 2. The molecule has 0 aliphatic carbocycles. The van der Waals surface area contributed by atoms with Crippen LogP contribution in [0.15, 0.2) is 52.4 Å². The number of hydrogen-bond acceptors (Lipinski definition) is 5. The minimum absolute atomic E-state index is 0.00806. The number of nitrogens with zero attached hydrogens (tertiary/aromatic N) is 4. The van der Waals surface area contributed by atoms with Crippen molar-refractivity contribution in [1.29, 1.82) is 0 Å². The Balaban J connectivity index is 1.46. The molecule has 0 bridgehead atoms. The van der Waals surface area contributed by atoms with E-state index in [1.807, 2.05) is 12.1 Å². The summed E-state index contributed by atoms with van der Waals surface area (Å²) in [6.45, 7) is 1.42. The molecule has 194 valence electrons. The van der Waals surface area contributed by atoms with Gasteiger partial charge in [-0.1, -0.05) is 53.5 Å². The molecule has 1 aliphatic heterocycles. The van der Waals surface area contributed by atoms with Gasteiger partial charge in [-0.3, -0.25) is 14.7 Å². The molecule has 3 rings (SSSR count). The number of carboxylic acid groups (broad SMARTS) is 1. The van der Waals surface area contributed by atoms with Crippen molar-refractivity contribution < 1.29 is 23.1 Å². The van der Waals surface area contributed by atoms with Crippen LogP contribution >= 0.6 is 23.2 Å². The molecule has 36 heavy (non-hydrogen) atoms. The van der Waals surface area contributed by atoms with Crippen molar-refractivity contribution in [3.8, 4) is 0 Å². The van der Waals surface area contributed by atoms with E-state index in [4.69, 9.17) is 23.2 Å². The number of carbonyl (C=O) groups excluding carboxylic acids is 1. The molecule has 0 atom stereocenters. The SMILES string of the molecule is CN(Cc1ccc(C2=NCCN2C(=O)O)cc1)C(=O)CCCCN(C)S(=O)(=O)c1cccc(Cl)c1Cl.